The van der Waals surface area contributed by atoms with Crippen molar-refractivity contribution < 1.29 is 28.7 Å². The van der Waals surface area contributed by atoms with Crippen molar-refractivity contribution in [3.8, 4) is 5.75 Å². The van der Waals surface area contributed by atoms with E-state index in [1.165, 1.54) is 0 Å². The predicted octanol–water partition coefficient (Wildman–Crippen LogP) is 0.874. The van der Waals surface area contributed by atoms with Gasteiger partial charge in [0.25, 0.3) is 0 Å². The second-order valence-electron chi connectivity index (χ2n) is 10.9. The molecule has 0 aliphatic carbocycles. The normalized spacial score (nSPS) is 20.8. The van der Waals surface area contributed by atoms with Crippen molar-refractivity contribution in [3.63, 3.8) is 0 Å². The third-order valence-corrected chi connectivity index (χ3v) is 7.43. The van der Waals surface area contributed by atoms with E-state index in [-0.39, 0.29) is 30.4 Å². The zero-order valence-corrected chi connectivity index (χ0v) is 23.4. The zero-order valence-electron chi connectivity index (χ0n) is 23.4. The molecule has 2 saturated heterocycles. The van der Waals surface area contributed by atoms with Gasteiger partial charge in [0, 0.05) is 19.5 Å². The summed E-state index contributed by atoms with van der Waals surface area (Å²) in [6.07, 6.45) is 0.464. The fourth-order valence-electron chi connectivity index (χ4n) is 4.72. The van der Waals surface area contributed by atoms with Crippen molar-refractivity contribution in [1.29, 1.82) is 0 Å². The molecule has 2 aromatic rings. The molecule has 214 valence electrons. The number of Topliss-reactive ketones (excluding diaryl/α,β-unsaturated/α-hetero) is 1. The average molecular weight is 551 g/mol. The molecule has 0 bridgehead atoms. The molecule has 4 atom stereocenters. The van der Waals surface area contributed by atoms with E-state index in [9.17, 15) is 19.2 Å². The van der Waals surface area contributed by atoms with Crippen LogP contribution in [0.15, 0.2) is 54.6 Å². The molecule has 3 amide bonds. The lowest BCUT2D eigenvalue weighted by molar-refractivity contribution is -0.135. The van der Waals surface area contributed by atoms with Gasteiger partial charge in [-0.25, -0.2) is 0 Å². The SMILES string of the molecule is COc1ccc(C[C@H](NC(=O)[C@H](C)NC(=O)C2CN(C)C2)C(=O)N[C@@H](Cc2ccccc2)C(=O)[C@@]2(C)CO2)cc1. The Morgan fingerprint density at radius 2 is 1.50 bits per heavy atom. The molecule has 0 unspecified atom stereocenters. The number of amides is 3. The summed E-state index contributed by atoms with van der Waals surface area (Å²) < 4.78 is 10.6. The number of benzene rings is 2. The Balaban J connectivity index is 1.49. The molecule has 2 fully saturated rings. The number of rotatable bonds is 13. The second-order valence-corrected chi connectivity index (χ2v) is 10.9. The Labute approximate surface area is 234 Å². The van der Waals surface area contributed by atoms with Gasteiger partial charge < -0.3 is 30.3 Å². The van der Waals surface area contributed by atoms with Gasteiger partial charge in [-0.15, -0.1) is 0 Å². The van der Waals surface area contributed by atoms with Gasteiger partial charge in [0.1, 0.15) is 23.4 Å². The fraction of sp³-hybridized carbons (Fsp3) is 0.467. The van der Waals surface area contributed by atoms with Crippen LogP contribution in [0.2, 0.25) is 0 Å². The Bertz CT molecular complexity index is 1210. The monoisotopic (exact) mass is 550 g/mol. The number of nitrogens with one attached hydrogen (secondary N) is 3. The van der Waals surface area contributed by atoms with Gasteiger partial charge in [-0.3, -0.25) is 19.2 Å². The largest absolute Gasteiger partial charge is 0.497 e. The van der Waals surface area contributed by atoms with Crippen LogP contribution < -0.4 is 20.7 Å². The number of methoxy groups -OCH3 is 1. The molecule has 2 aromatic carbocycles. The van der Waals surface area contributed by atoms with E-state index in [1.54, 1.807) is 33.1 Å². The van der Waals surface area contributed by atoms with E-state index < -0.39 is 35.5 Å². The molecule has 0 radical (unpaired) electrons. The first-order valence-corrected chi connectivity index (χ1v) is 13.5. The topological polar surface area (TPSA) is 129 Å². The van der Waals surface area contributed by atoms with Crippen LogP contribution in [0.5, 0.6) is 5.75 Å². The molecule has 2 aliphatic rings. The second kappa shape index (κ2) is 12.6. The molecule has 2 heterocycles. The van der Waals surface area contributed by atoms with Crippen LogP contribution in [0.1, 0.15) is 25.0 Å². The first-order chi connectivity index (χ1) is 19.1. The lowest BCUT2D eigenvalue weighted by Crippen LogP contribution is -2.58. The molecule has 0 saturated carbocycles. The van der Waals surface area contributed by atoms with E-state index in [2.05, 4.69) is 16.0 Å². The number of likely N-dealkylation sites (tertiary alicyclic amines) is 1. The van der Waals surface area contributed by atoms with E-state index >= 15 is 0 Å². The number of carbonyl (C=O) groups is 4. The van der Waals surface area contributed by atoms with Crippen LogP contribution in [0.25, 0.3) is 0 Å². The van der Waals surface area contributed by atoms with E-state index in [4.69, 9.17) is 9.47 Å². The Morgan fingerprint density at radius 1 is 0.925 bits per heavy atom. The van der Waals surface area contributed by atoms with Crippen LogP contribution in [0.3, 0.4) is 0 Å². The van der Waals surface area contributed by atoms with E-state index in [0.29, 0.717) is 25.4 Å². The number of hydrogen-bond donors (Lipinski definition) is 3. The third kappa shape index (κ3) is 7.45. The Hall–Kier alpha value is -3.76. The number of nitrogens with zero attached hydrogens (tertiary/aromatic N) is 1. The minimum absolute atomic E-state index is 0.158. The van der Waals surface area contributed by atoms with Crippen molar-refractivity contribution in [2.75, 3.05) is 33.9 Å². The maximum Gasteiger partial charge on any atom is 0.243 e. The first-order valence-electron chi connectivity index (χ1n) is 13.5. The van der Waals surface area contributed by atoms with Crippen LogP contribution in [0, 0.1) is 5.92 Å². The molecule has 2 aliphatic heterocycles. The summed E-state index contributed by atoms with van der Waals surface area (Å²) in [4.78, 5) is 54.6. The number of hydrogen-bond acceptors (Lipinski definition) is 7. The summed E-state index contributed by atoms with van der Waals surface area (Å²) in [6, 6.07) is 13.9. The lowest BCUT2D eigenvalue weighted by atomic mass is 9.94. The van der Waals surface area contributed by atoms with Crippen molar-refractivity contribution in [2.24, 2.45) is 5.92 Å². The van der Waals surface area contributed by atoms with E-state index in [1.807, 2.05) is 54.4 Å². The molecule has 40 heavy (non-hydrogen) atoms. The highest BCUT2D eigenvalue weighted by Crippen LogP contribution is 2.29. The maximum atomic E-state index is 13.7. The summed E-state index contributed by atoms with van der Waals surface area (Å²) in [6.45, 7) is 4.88. The van der Waals surface area contributed by atoms with Gasteiger partial charge in [-0.1, -0.05) is 42.5 Å². The standard InChI is InChI=1S/C30H38N4O6/c1-19(31-28(37)22-16-34(3)17-22)27(36)33-25(15-21-10-12-23(39-4)13-11-21)29(38)32-24(26(35)30(2)18-40-30)14-20-8-6-5-7-9-20/h5-13,19,22,24-25H,14-18H2,1-4H3,(H,31,37)(H,32,38)(H,33,36)/t19-,24-,25-,30+/m0/s1. The van der Waals surface area contributed by atoms with Gasteiger partial charge in [0.2, 0.25) is 17.7 Å². The van der Waals surface area contributed by atoms with E-state index in [0.717, 1.165) is 11.1 Å². The summed E-state index contributed by atoms with van der Waals surface area (Å²) >= 11 is 0. The quantitative estimate of drug-likeness (QED) is 0.316. The van der Waals surface area contributed by atoms with Gasteiger partial charge >= 0.3 is 0 Å². The van der Waals surface area contributed by atoms with Gasteiger partial charge in [-0.05, 0) is 50.6 Å². The molecule has 0 spiro atoms. The van der Waals surface area contributed by atoms with Gasteiger partial charge in [-0.2, -0.15) is 0 Å². The number of carbonyl (C=O) groups excluding carboxylic acids is 4. The summed E-state index contributed by atoms with van der Waals surface area (Å²) in [5.74, 6) is -0.888. The van der Waals surface area contributed by atoms with Crippen LogP contribution in [-0.2, 0) is 36.8 Å². The molecular formula is C30H38N4O6. The average Bonchev–Trinajstić information content (AvgIpc) is 3.69. The summed E-state index contributed by atoms with van der Waals surface area (Å²) in [5.41, 5.74) is 0.744. The van der Waals surface area contributed by atoms with Crippen molar-refractivity contribution >= 4 is 23.5 Å². The highest BCUT2D eigenvalue weighted by atomic mass is 16.6. The smallest absolute Gasteiger partial charge is 0.243 e. The number of ether oxygens (including phenoxy) is 2. The summed E-state index contributed by atoms with van der Waals surface area (Å²) in [7, 11) is 3.49. The number of ketones is 1. The third-order valence-electron chi connectivity index (χ3n) is 7.43. The Morgan fingerprint density at radius 3 is 2.08 bits per heavy atom. The zero-order chi connectivity index (χ0) is 28.9. The van der Waals surface area contributed by atoms with Crippen molar-refractivity contribution in [3.05, 3.63) is 65.7 Å². The molecule has 0 aromatic heterocycles. The van der Waals surface area contributed by atoms with Crippen LogP contribution in [-0.4, -0.2) is 86.0 Å². The molecule has 3 N–H and O–H groups in total. The Kier molecular flexibility index (Phi) is 9.21. The fourth-order valence-corrected chi connectivity index (χ4v) is 4.72. The maximum absolute atomic E-state index is 13.7. The van der Waals surface area contributed by atoms with Crippen molar-refractivity contribution in [1.82, 2.24) is 20.9 Å². The van der Waals surface area contributed by atoms with Gasteiger partial charge in [0.05, 0.1) is 25.7 Å². The minimum atomic E-state index is -0.992. The minimum Gasteiger partial charge on any atom is -0.497 e. The highest BCUT2D eigenvalue weighted by Gasteiger charge is 2.50. The molecular weight excluding hydrogens is 512 g/mol. The summed E-state index contributed by atoms with van der Waals surface area (Å²) in [5, 5.41) is 8.42. The molecule has 10 heteroatoms. The highest BCUT2D eigenvalue weighted by molar-refractivity contribution is 5.98. The van der Waals surface area contributed by atoms with Crippen molar-refractivity contribution in [2.45, 2.75) is 50.4 Å². The van der Waals surface area contributed by atoms with Crippen LogP contribution >= 0.6 is 0 Å². The van der Waals surface area contributed by atoms with Gasteiger partial charge in [0.15, 0.2) is 5.78 Å². The molecule has 4 rings (SSSR count). The first kappa shape index (κ1) is 29.2. The molecule has 10 nitrogen and oxygen atoms in total. The lowest BCUT2D eigenvalue weighted by Gasteiger charge is -2.35. The number of epoxide rings is 1. The predicted molar refractivity (Wildman–Crippen MR) is 149 cm³/mol. The van der Waals surface area contributed by atoms with Crippen LogP contribution in [0.4, 0.5) is 0 Å².